The van der Waals surface area contributed by atoms with Crippen molar-refractivity contribution in [1.82, 2.24) is 0 Å². The van der Waals surface area contributed by atoms with E-state index in [2.05, 4.69) is 22.0 Å². The van der Waals surface area contributed by atoms with Crippen molar-refractivity contribution in [2.24, 2.45) is 11.1 Å². The highest BCUT2D eigenvalue weighted by Gasteiger charge is 2.16. The zero-order chi connectivity index (χ0) is 14.5. The van der Waals surface area contributed by atoms with Crippen molar-refractivity contribution < 1.29 is 4.74 Å². The van der Waals surface area contributed by atoms with Crippen molar-refractivity contribution in [2.45, 2.75) is 39.7 Å². The summed E-state index contributed by atoms with van der Waals surface area (Å²) in [7, 11) is 0. The van der Waals surface area contributed by atoms with Gasteiger partial charge >= 0.3 is 0 Å². The molecule has 2 N–H and O–H groups in total. The van der Waals surface area contributed by atoms with E-state index in [1.807, 2.05) is 39.0 Å². The molecular weight excluding hydrogens is 304 g/mol. The summed E-state index contributed by atoms with van der Waals surface area (Å²) >= 11 is 3.43. The molecule has 0 fully saturated rings. The van der Waals surface area contributed by atoms with E-state index < -0.39 is 0 Å². The number of nitriles is 1. The van der Waals surface area contributed by atoms with E-state index in [-0.39, 0.29) is 11.5 Å². The van der Waals surface area contributed by atoms with E-state index in [1.165, 1.54) is 0 Å². The number of rotatable bonds is 6. The summed E-state index contributed by atoms with van der Waals surface area (Å²) in [6.07, 6.45) is 1.68. The second-order valence-corrected chi connectivity index (χ2v) is 6.33. The largest absolute Gasteiger partial charge is 0.493 e. The van der Waals surface area contributed by atoms with Crippen LogP contribution in [0.2, 0.25) is 0 Å². The molecule has 1 aromatic carbocycles. The fraction of sp³-hybridized carbons (Fsp3) is 0.533. The van der Waals surface area contributed by atoms with Gasteiger partial charge in [-0.1, -0.05) is 22.0 Å². The van der Waals surface area contributed by atoms with Gasteiger partial charge < -0.3 is 10.5 Å². The summed E-state index contributed by atoms with van der Waals surface area (Å²) in [5, 5.41) is 8.95. The molecule has 104 valence electrons. The van der Waals surface area contributed by atoms with Crippen LogP contribution in [0.4, 0.5) is 0 Å². The Kier molecular flexibility index (Phi) is 5.84. The monoisotopic (exact) mass is 324 g/mol. The molecule has 0 aromatic heterocycles. The van der Waals surface area contributed by atoms with Crippen LogP contribution in [-0.2, 0) is 0 Å². The number of benzene rings is 1. The summed E-state index contributed by atoms with van der Waals surface area (Å²) in [5.41, 5.74) is 6.64. The van der Waals surface area contributed by atoms with Gasteiger partial charge in [0.1, 0.15) is 5.75 Å². The minimum atomic E-state index is -0.287. The van der Waals surface area contributed by atoms with Crippen LogP contribution in [0.15, 0.2) is 22.7 Å². The maximum atomic E-state index is 8.95. The molecular formula is C15H21BrN2O. The predicted octanol–water partition coefficient (Wildman–Crippen LogP) is 4.18. The minimum Gasteiger partial charge on any atom is -0.493 e. The van der Waals surface area contributed by atoms with Crippen molar-refractivity contribution in [3.63, 3.8) is 0 Å². The van der Waals surface area contributed by atoms with Crippen LogP contribution < -0.4 is 10.5 Å². The molecule has 0 aliphatic carbocycles. The fourth-order valence-corrected chi connectivity index (χ4v) is 2.10. The van der Waals surface area contributed by atoms with Crippen LogP contribution in [0.25, 0.3) is 0 Å². The second kappa shape index (κ2) is 6.93. The molecule has 19 heavy (non-hydrogen) atoms. The molecule has 0 aliphatic rings. The maximum Gasteiger partial charge on any atom is 0.125 e. The first-order valence-electron chi connectivity index (χ1n) is 6.45. The third-order valence-electron chi connectivity index (χ3n) is 2.97. The van der Waals surface area contributed by atoms with E-state index in [0.717, 1.165) is 28.6 Å². The highest BCUT2D eigenvalue weighted by atomic mass is 79.9. The van der Waals surface area contributed by atoms with E-state index in [4.69, 9.17) is 15.7 Å². The van der Waals surface area contributed by atoms with Gasteiger partial charge in [0, 0.05) is 16.1 Å². The molecule has 1 rings (SSSR count). The first-order chi connectivity index (χ1) is 8.85. The van der Waals surface area contributed by atoms with Gasteiger partial charge in [-0.2, -0.15) is 5.26 Å². The topological polar surface area (TPSA) is 59.0 Å². The molecule has 0 saturated carbocycles. The van der Waals surface area contributed by atoms with Gasteiger partial charge in [-0.05, 0) is 45.7 Å². The Labute approximate surface area is 123 Å². The highest BCUT2D eigenvalue weighted by molar-refractivity contribution is 9.10. The quantitative estimate of drug-likeness (QED) is 0.798. The van der Waals surface area contributed by atoms with Crippen molar-refractivity contribution in [3.05, 3.63) is 28.2 Å². The van der Waals surface area contributed by atoms with Gasteiger partial charge in [0.05, 0.1) is 18.1 Å². The van der Waals surface area contributed by atoms with Crippen LogP contribution in [0.3, 0.4) is 0 Å². The van der Waals surface area contributed by atoms with Crippen molar-refractivity contribution in [3.8, 4) is 11.8 Å². The Morgan fingerprint density at radius 1 is 1.47 bits per heavy atom. The van der Waals surface area contributed by atoms with Crippen LogP contribution >= 0.6 is 15.9 Å². The molecule has 0 aliphatic heterocycles. The SMILES string of the molecule is CC(N)c1ccc(Br)cc1OCCCC(C)(C)C#N. The molecule has 1 atom stereocenters. The average molecular weight is 325 g/mol. The third kappa shape index (κ3) is 5.22. The van der Waals surface area contributed by atoms with Gasteiger partial charge in [0.25, 0.3) is 0 Å². The van der Waals surface area contributed by atoms with Gasteiger partial charge in [0.15, 0.2) is 0 Å². The molecule has 0 spiro atoms. The molecule has 0 radical (unpaired) electrons. The number of nitrogens with zero attached hydrogens (tertiary/aromatic N) is 1. The fourth-order valence-electron chi connectivity index (χ4n) is 1.76. The zero-order valence-electron chi connectivity index (χ0n) is 11.7. The second-order valence-electron chi connectivity index (χ2n) is 5.42. The number of nitrogens with two attached hydrogens (primary N) is 1. The van der Waals surface area contributed by atoms with Crippen LogP contribution in [0, 0.1) is 16.7 Å². The van der Waals surface area contributed by atoms with Crippen molar-refractivity contribution in [1.29, 1.82) is 5.26 Å². The zero-order valence-corrected chi connectivity index (χ0v) is 13.3. The van der Waals surface area contributed by atoms with E-state index >= 15 is 0 Å². The van der Waals surface area contributed by atoms with Crippen LogP contribution in [0.5, 0.6) is 5.75 Å². The van der Waals surface area contributed by atoms with Crippen LogP contribution in [-0.4, -0.2) is 6.61 Å². The molecule has 4 heteroatoms. The smallest absolute Gasteiger partial charge is 0.125 e. The molecule has 0 amide bonds. The lowest BCUT2D eigenvalue weighted by atomic mass is 9.90. The Hall–Kier alpha value is -1.05. The first-order valence-corrected chi connectivity index (χ1v) is 7.24. The lowest BCUT2D eigenvalue weighted by Gasteiger charge is -2.17. The van der Waals surface area contributed by atoms with Gasteiger partial charge in [-0.25, -0.2) is 0 Å². The van der Waals surface area contributed by atoms with Gasteiger partial charge in [-0.3, -0.25) is 0 Å². The van der Waals surface area contributed by atoms with E-state index in [0.29, 0.717) is 6.61 Å². The molecule has 1 unspecified atom stereocenters. The lowest BCUT2D eigenvalue weighted by molar-refractivity contribution is 0.281. The number of hydrogen-bond donors (Lipinski definition) is 1. The average Bonchev–Trinajstić information content (AvgIpc) is 2.34. The van der Waals surface area contributed by atoms with Gasteiger partial charge in [-0.15, -0.1) is 0 Å². The van der Waals surface area contributed by atoms with Crippen molar-refractivity contribution in [2.75, 3.05) is 6.61 Å². The van der Waals surface area contributed by atoms with Crippen LogP contribution in [0.1, 0.15) is 45.2 Å². The Bertz CT molecular complexity index is 464. The third-order valence-corrected chi connectivity index (χ3v) is 3.47. The highest BCUT2D eigenvalue weighted by Crippen LogP contribution is 2.28. The van der Waals surface area contributed by atoms with Gasteiger partial charge in [0.2, 0.25) is 0 Å². The summed E-state index contributed by atoms with van der Waals surface area (Å²) in [4.78, 5) is 0. The van der Waals surface area contributed by atoms with E-state index in [9.17, 15) is 0 Å². The molecule has 0 saturated heterocycles. The van der Waals surface area contributed by atoms with E-state index in [1.54, 1.807) is 0 Å². The molecule has 0 bridgehead atoms. The lowest BCUT2D eigenvalue weighted by Crippen LogP contribution is -2.12. The Morgan fingerprint density at radius 3 is 2.74 bits per heavy atom. The summed E-state index contributed by atoms with van der Waals surface area (Å²) in [5.74, 6) is 0.819. The Balaban J connectivity index is 2.58. The summed E-state index contributed by atoms with van der Waals surface area (Å²) in [6.45, 7) is 6.43. The maximum absolute atomic E-state index is 8.95. The number of halogens is 1. The predicted molar refractivity (Wildman–Crippen MR) is 80.9 cm³/mol. The Morgan fingerprint density at radius 2 is 2.16 bits per heavy atom. The molecule has 3 nitrogen and oxygen atoms in total. The standard InChI is InChI=1S/C15H21BrN2O/c1-11(18)13-6-5-12(16)9-14(13)19-8-4-7-15(2,3)10-17/h5-6,9,11H,4,7-8,18H2,1-3H3. The summed E-state index contributed by atoms with van der Waals surface area (Å²) < 4.78 is 6.78. The normalized spacial score (nSPS) is 12.8. The number of ether oxygens (including phenoxy) is 1. The molecule has 1 aromatic rings. The first kappa shape index (κ1) is 16.0. The minimum absolute atomic E-state index is 0.0568. The summed E-state index contributed by atoms with van der Waals surface area (Å²) in [6, 6.07) is 8.12. The number of hydrogen-bond acceptors (Lipinski definition) is 3. The molecule has 0 heterocycles. The van der Waals surface area contributed by atoms with Crippen molar-refractivity contribution >= 4 is 15.9 Å².